The smallest absolute Gasteiger partial charge is 0.000680 e. The molecule has 0 amide bonds. The van der Waals surface area contributed by atoms with Gasteiger partial charge in [-0.05, 0) is 50.9 Å². The Morgan fingerprint density at radius 1 is 0.947 bits per heavy atom. The summed E-state index contributed by atoms with van der Waals surface area (Å²) in [7, 11) is 0. The third kappa shape index (κ3) is 12.7. The Bertz CT molecular complexity index is 180. The van der Waals surface area contributed by atoms with Crippen molar-refractivity contribution in [2.24, 2.45) is 11.8 Å². The molecular formula is C17H38N2. The third-order valence-corrected chi connectivity index (χ3v) is 3.84. The van der Waals surface area contributed by atoms with E-state index in [-0.39, 0.29) is 0 Å². The van der Waals surface area contributed by atoms with Gasteiger partial charge in [0.05, 0.1) is 0 Å². The number of rotatable bonds is 13. The average Bonchev–Trinajstić information content (AvgIpc) is 2.39. The molecule has 0 radical (unpaired) electrons. The maximum atomic E-state index is 3.52. The first-order chi connectivity index (χ1) is 9.10. The van der Waals surface area contributed by atoms with Crippen molar-refractivity contribution >= 4 is 0 Å². The Kier molecular flexibility index (Phi) is 12.9. The monoisotopic (exact) mass is 270 g/mol. The lowest BCUT2D eigenvalue weighted by Crippen LogP contribution is -2.29. The highest BCUT2D eigenvalue weighted by molar-refractivity contribution is 4.61. The summed E-state index contributed by atoms with van der Waals surface area (Å²) in [4.78, 5) is 2.62. The van der Waals surface area contributed by atoms with Crippen LogP contribution in [0.5, 0.6) is 0 Å². The average molecular weight is 271 g/mol. The number of unbranched alkanes of at least 4 members (excludes halogenated alkanes) is 3. The lowest BCUT2D eigenvalue weighted by Gasteiger charge is -2.23. The molecule has 2 heteroatoms. The summed E-state index contributed by atoms with van der Waals surface area (Å²) in [5.74, 6) is 1.62. The second-order valence-electron chi connectivity index (χ2n) is 6.42. The molecule has 0 rings (SSSR count). The van der Waals surface area contributed by atoms with Gasteiger partial charge in [0.25, 0.3) is 0 Å². The van der Waals surface area contributed by atoms with Gasteiger partial charge < -0.3 is 10.2 Å². The SMILES string of the molecule is CCC(C)CN(CC)CCCCCCNCC(C)C. The molecule has 0 spiro atoms. The molecule has 116 valence electrons. The summed E-state index contributed by atoms with van der Waals surface area (Å²) in [6.07, 6.45) is 6.78. The Morgan fingerprint density at radius 3 is 2.21 bits per heavy atom. The van der Waals surface area contributed by atoms with E-state index in [1.165, 1.54) is 64.8 Å². The molecule has 0 saturated carbocycles. The third-order valence-electron chi connectivity index (χ3n) is 3.84. The Morgan fingerprint density at radius 2 is 1.63 bits per heavy atom. The predicted octanol–water partition coefficient (Wildman–Crippen LogP) is 4.16. The molecule has 1 N–H and O–H groups in total. The van der Waals surface area contributed by atoms with Crippen molar-refractivity contribution in [2.75, 3.05) is 32.7 Å². The summed E-state index contributed by atoms with van der Waals surface area (Å²) >= 11 is 0. The van der Waals surface area contributed by atoms with E-state index in [9.17, 15) is 0 Å². The number of hydrogen-bond acceptors (Lipinski definition) is 2. The highest BCUT2D eigenvalue weighted by Gasteiger charge is 2.06. The molecule has 0 bridgehead atoms. The van der Waals surface area contributed by atoms with Crippen molar-refractivity contribution in [3.05, 3.63) is 0 Å². The molecule has 0 saturated heterocycles. The normalized spacial score (nSPS) is 13.4. The zero-order valence-corrected chi connectivity index (χ0v) is 14.2. The maximum absolute atomic E-state index is 3.52. The summed E-state index contributed by atoms with van der Waals surface area (Å²) in [5, 5.41) is 3.52. The van der Waals surface area contributed by atoms with E-state index in [2.05, 4.69) is 44.8 Å². The lowest BCUT2D eigenvalue weighted by molar-refractivity contribution is 0.240. The fraction of sp³-hybridized carbons (Fsp3) is 1.00. The van der Waals surface area contributed by atoms with Gasteiger partial charge in [0, 0.05) is 6.54 Å². The number of nitrogens with zero attached hydrogens (tertiary/aromatic N) is 1. The highest BCUT2D eigenvalue weighted by atomic mass is 15.1. The molecule has 0 aliphatic carbocycles. The van der Waals surface area contributed by atoms with Gasteiger partial charge in [-0.15, -0.1) is 0 Å². The van der Waals surface area contributed by atoms with Crippen LogP contribution in [-0.2, 0) is 0 Å². The van der Waals surface area contributed by atoms with E-state index in [4.69, 9.17) is 0 Å². The minimum Gasteiger partial charge on any atom is -0.316 e. The van der Waals surface area contributed by atoms with Crippen LogP contribution in [0.4, 0.5) is 0 Å². The van der Waals surface area contributed by atoms with Crippen LogP contribution in [0.15, 0.2) is 0 Å². The van der Waals surface area contributed by atoms with Crippen molar-refractivity contribution in [2.45, 2.75) is 66.7 Å². The van der Waals surface area contributed by atoms with Crippen LogP contribution in [0.25, 0.3) is 0 Å². The topological polar surface area (TPSA) is 15.3 Å². The van der Waals surface area contributed by atoms with E-state index < -0.39 is 0 Å². The van der Waals surface area contributed by atoms with Crippen molar-refractivity contribution in [3.8, 4) is 0 Å². The molecule has 2 nitrogen and oxygen atoms in total. The molecule has 0 aromatic heterocycles. The lowest BCUT2D eigenvalue weighted by atomic mass is 10.1. The Hall–Kier alpha value is -0.0800. The molecule has 0 aromatic rings. The number of hydrogen-bond donors (Lipinski definition) is 1. The van der Waals surface area contributed by atoms with E-state index in [0.29, 0.717) is 0 Å². The zero-order valence-electron chi connectivity index (χ0n) is 14.2. The molecule has 1 atom stereocenters. The minimum atomic E-state index is 0.777. The van der Waals surface area contributed by atoms with Gasteiger partial charge in [-0.2, -0.15) is 0 Å². The molecule has 1 unspecified atom stereocenters. The van der Waals surface area contributed by atoms with Crippen LogP contribution in [0.3, 0.4) is 0 Å². The van der Waals surface area contributed by atoms with Crippen molar-refractivity contribution in [3.63, 3.8) is 0 Å². The van der Waals surface area contributed by atoms with Gasteiger partial charge in [0.2, 0.25) is 0 Å². The van der Waals surface area contributed by atoms with Gasteiger partial charge in [-0.3, -0.25) is 0 Å². The Balaban J connectivity index is 3.36. The van der Waals surface area contributed by atoms with E-state index in [0.717, 1.165) is 11.8 Å². The first-order valence-electron chi connectivity index (χ1n) is 8.53. The second-order valence-corrected chi connectivity index (χ2v) is 6.42. The molecule has 0 aliphatic rings. The van der Waals surface area contributed by atoms with Gasteiger partial charge in [0.15, 0.2) is 0 Å². The maximum Gasteiger partial charge on any atom is 0.000680 e. The quantitative estimate of drug-likeness (QED) is 0.506. The molecular weight excluding hydrogens is 232 g/mol. The molecule has 0 fully saturated rings. The standard InChI is InChI=1S/C17H38N2/c1-6-17(5)15-19(7-2)13-11-9-8-10-12-18-14-16(3)4/h16-18H,6-15H2,1-5H3. The molecule has 0 heterocycles. The fourth-order valence-electron chi connectivity index (χ4n) is 2.28. The number of nitrogens with one attached hydrogen (secondary N) is 1. The zero-order chi connectivity index (χ0) is 14.5. The van der Waals surface area contributed by atoms with Crippen LogP contribution in [0, 0.1) is 11.8 Å². The molecule has 0 aliphatic heterocycles. The first kappa shape index (κ1) is 18.9. The minimum absolute atomic E-state index is 0.777. The van der Waals surface area contributed by atoms with Crippen molar-refractivity contribution in [1.82, 2.24) is 10.2 Å². The van der Waals surface area contributed by atoms with Crippen LogP contribution in [0.1, 0.15) is 66.7 Å². The Labute approximate surface area is 122 Å². The van der Waals surface area contributed by atoms with Crippen LogP contribution in [0.2, 0.25) is 0 Å². The summed E-state index contributed by atoms with van der Waals surface area (Å²) in [6, 6.07) is 0. The first-order valence-corrected chi connectivity index (χ1v) is 8.53. The van der Waals surface area contributed by atoms with Gasteiger partial charge in [0.1, 0.15) is 0 Å². The van der Waals surface area contributed by atoms with Crippen LogP contribution < -0.4 is 5.32 Å². The largest absolute Gasteiger partial charge is 0.316 e. The highest BCUT2D eigenvalue weighted by Crippen LogP contribution is 2.07. The summed E-state index contributed by atoms with van der Waals surface area (Å²) < 4.78 is 0. The van der Waals surface area contributed by atoms with Gasteiger partial charge in [-0.25, -0.2) is 0 Å². The van der Waals surface area contributed by atoms with Gasteiger partial charge >= 0.3 is 0 Å². The fourth-order valence-corrected chi connectivity index (χ4v) is 2.28. The van der Waals surface area contributed by atoms with Crippen molar-refractivity contribution in [1.29, 1.82) is 0 Å². The summed E-state index contributed by atoms with van der Waals surface area (Å²) in [6.45, 7) is 17.6. The second kappa shape index (κ2) is 12.9. The molecule has 19 heavy (non-hydrogen) atoms. The van der Waals surface area contributed by atoms with Crippen molar-refractivity contribution < 1.29 is 0 Å². The van der Waals surface area contributed by atoms with Crippen LogP contribution >= 0.6 is 0 Å². The predicted molar refractivity (Wildman–Crippen MR) is 87.7 cm³/mol. The van der Waals surface area contributed by atoms with E-state index in [1.54, 1.807) is 0 Å². The molecule has 0 aromatic carbocycles. The van der Waals surface area contributed by atoms with Crippen LogP contribution in [-0.4, -0.2) is 37.6 Å². The van der Waals surface area contributed by atoms with Gasteiger partial charge in [-0.1, -0.05) is 53.9 Å². The van der Waals surface area contributed by atoms with E-state index >= 15 is 0 Å². The van der Waals surface area contributed by atoms with E-state index in [1.807, 2.05) is 0 Å². The summed E-state index contributed by atoms with van der Waals surface area (Å²) in [5.41, 5.74) is 0.